The lowest BCUT2D eigenvalue weighted by atomic mass is 10.2. The van der Waals surface area contributed by atoms with E-state index in [-0.39, 0.29) is 24.7 Å². The zero-order valence-electron chi connectivity index (χ0n) is 12.9. The van der Waals surface area contributed by atoms with Crippen LogP contribution in [-0.4, -0.2) is 56.2 Å². The average molecular weight is 341 g/mol. The fourth-order valence-electron chi connectivity index (χ4n) is 2.20. The normalized spacial score (nSPS) is 14.4. The summed E-state index contributed by atoms with van der Waals surface area (Å²) >= 11 is 5.85. The Labute approximate surface area is 140 Å². The highest BCUT2D eigenvalue weighted by Crippen LogP contribution is 2.16. The molecule has 0 spiro atoms. The van der Waals surface area contributed by atoms with Crippen molar-refractivity contribution in [3.05, 3.63) is 29.3 Å². The standard InChI is InChI=1S/C16H21ClN2O4/c17-13-2-1-3-14(12-13)23-9-6-18-15(20)4-5-16(21)19-7-10-22-11-8-19/h1-3,12H,4-11H2,(H,18,20). The highest BCUT2D eigenvalue weighted by Gasteiger charge is 2.17. The molecular formula is C16H21ClN2O4. The van der Waals surface area contributed by atoms with Gasteiger partial charge in [-0.2, -0.15) is 0 Å². The molecule has 2 rings (SSSR count). The van der Waals surface area contributed by atoms with Crippen molar-refractivity contribution in [1.29, 1.82) is 0 Å². The second kappa shape index (κ2) is 9.37. The molecule has 0 bridgehead atoms. The maximum Gasteiger partial charge on any atom is 0.223 e. The maximum atomic E-state index is 11.9. The molecule has 126 valence electrons. The van der Waals surface area contributed by atoms with E-state index in [1.807, 2.05) is 0 Å². The summed E-state index contributed by atoms with van der Waals surface area (Å²) in [7, 11) is 0. The van der Waals surface area contributed by atoms with Gasteiger partial charge < -0.3 is 19.7 Å². The first-order valence-electron chi connectivity index (χ1n) is 7.66. The molecule has 1 aliphatic rings. The Morgan fingerprint density at radius 1 is 1.26 bits per heavy atom. The van der Waals surface area contributed by atoms with E-state index in [2.05, 4.69) is 5.32 Å². The van der Waals surface area contributed by atoms with Crippen LogP contribution in [0, 0.1) is 0 Å². The van der Waals surface area contributed by atoms with Crippen LogP contribution in [0.1, 0.15) is 12.8 Å². The van der Waals surface area contributed by atoms with Gasteiger partial charge in [-0.3, -0.25) is 9.59 Å². The number of nitrogens with one attached hydrogen (secondary N) is 1. The number of benzene rings is 1. The molecule has 0 saturated carbocycles. The van der Waals surface area contributed by atoms with E-state index >= 15 is 0 Å². The van der Waals surface area contributed by atoms with E-state index in [1.165, 1.54) is 0 Å². The number of amides is 2. The third-order valence-corrected chi connectivity index (χ3v) is 3.65. The fraction of sp³-hybridized carbons (Fsp3) is 0.500. The topological polar surface area (TPSA) is 67.9 Å². The van der Waals surface area contributed by atoms with Crippen LogP contribution in [0.5, 0.6) is 5.75 Å². The van der Waals surface area contributed by atoms with Gasteiger partial charge in [0.1, 0.15) is 12.4 Å². The first-order valence-corrected chi connectivity index (χ1v) is 8.03. The highest BCUT2D eigenvalue weighted by molar-refractivity contribution is 6.30. The molecular weight excluding hydrogens is 320 g/mol. The van der Waals surface area contributed by atoms with Gasteiger partial charge in [-0.05, 0) is 18.2 Å². The molecule has 23 heavy (non-hydrogen) atoms. The van der Waals surface area contributed by atoms with Gasteiger partial charge in [0, 0.05) is 31.0 Å². The molecule has 0 aromatic heterocycles. The minimum absolute atomic E-state index is 0.00127. The number of rotatable bonds is 7. The van der Waals surface area contributed by atoms with Gasteiger partial charge in [0.15, 0.2) is 0 Å². The van der Waals surface area contributed by atoms with Gasteiger partial charge in [-0.15, -0.1) is 0 Å². The monoisotopic (exact) mass is 340 g/mol. The van der Waals surface area contributed by atoms with Gasteiger partial charge >= 0.3 is 0 Å². The number of halogens is 1. The van der Waals surface area contributed by atoms with Crippen molar-refractivity contribution in [1.82, 2.24) is 10.2 Å². The molecule has 7 heteroatoms. The van der Waals surface area contributed by atoms with Gasteiger partial charge in [-0.25, -0.2) is 0 Å². The Kier molecular flexibility index (Phi) is 7.16. The van der Waals surface area contributed by atoms with Crippen LogP contribution in [0.2, 0.25) is 5.02 Å². The SMILES string of the molecule is O=C(CCC(=O)N1CCOCC1)NCCOc1cccc(Cl)c1. The summed E-state index contributed by atoms with van der Waals surface area (Å²) in [5.41, 5.74) is 0. The van der Waals surface area contributed by atoms with Crippen LogP contribution in [0.15, 0.2) is 24.3 Å². The molecule has 1 N–H and O–H groups in total. The van der Waals surface area contributed by atoms with Crippen LogP contribution in [0.4, 0.5) is 0 Å². The van der Waals surface area contributed by atoms with E-state index in [9.17, 15) is 9.59 Å². The Morgan fingerprint density at radius 2 is 2.04 bits per heavy atom. The van der Waals surface area contributed by atoms with Crippen LogP contribution in [0.3, 0.4) is 0 Å². The van der Waals surface area contributed by atoms with Gasteiger partial charge in [0.05, 0.1) is 19.8 Å². The zero-order chi connectivity index (χ0) is 16.5. The summed E-state index contributed by atoms with van der Waals surface area (Å²) in [6.45, 7) is 3.08. The van der Waals surface area contributed by atoms with Crippen molar-refractivity contribution in [3.8, 4) is 5.75 Å². The van der Waals surface area contributed by atoms with Crippen LogP contribution in [0.25, 0.3) is 0 Å². The quantitative estimate of drug-likeness (QED) is 0.763. The second-order valence-electron chi connectivity index (χ2n) is 5.15. The second-order valence-corrected chi connectivity index (χ2v) is 5.59. The van der Waals surface area contributed by atoms with Gasteiger partial charge in [-0.1, -0.05) is 17.7 Å². The molecule has 1 fully saturated rings. The fourth-order valence-corrected chi connectivity index (χ4v) is 2.38. The minimum Gasteiger partial charge on any atom is -0.492 e. The molecule has 6 nitrogen and oxygen atoms in total. The molecule has 1 saturated heterocycles. The van der Waals surface area contributed by atoms with E-state index in [0.717, 1.165) is 0 Å². The molecule has 1 heterocycles. The third-order valence-electron chi connectivity index (χ3n) is 3.42. The summed E-state index contributed by atoms with van der Waals surface area (Å²) in [5, 5.41) is 3.34. The minimum atomic E-state index is -0.152. The molecule has 0 radical (unpaired) electrons. The maximum absolute atomic E-state index is 11.9. The van der Waals surface area contributed by atoms with E-state index in [0.29, 0.717) is 50.2 Å². The summed E-state index contributed by atoms with van der Waals surface area (Å²) in [6, 6.07) is 7.08. The van der Waals surface area contributed by atoms with Crippen LogP contribution < -0.4 is 10.1 Å². The van der Waals surface area contributed by atoms with Crippen LogP contribution in [-0.2, 0) is 14.3 Å². The molecule has 2 amide bonds. The van der Waals surface area contributed by atoms with Gasteiger partial charge in [0.2, 0.25) is 11.8 Å². The molecule has 1 aromatic rings. The number of hydrogen-bond donors (Lipinski definition) is 1. The predicted octanol–water partition coefficient (Wildman–Crippen LogP) is 1.47. The first kappa shape index (κ1) is 17.6. The number of carbonyl (C=O) groups excluding carboxylic acids is 2. The molecule has 1 aliphatic heterocycles. The summed E-state index contributed by atoms with van der Waals surface area (Å²) in [6.07, 6.45) is 0.411. The van der Waals surface area contributed by atoms with E-state index in [4.69, 9.17) is 21.1 Å². The van der Waals surface area contributed by atoms with Crippen molar-refractivity contribution >= 4 is 23.4 Å². The van der Waals surface area contributed by atoms with Crippen LogP contribution >= 0.6 is 11.6 Å². The summed E-state index contributed by atoms with van der Waals surface area (Å²) in [4.78, 5) is 25.4. The Bertz CT molecular complexity index is 533. The molecule has 0 aliphatic carbocycles. The van der Waals surface area contributed by atoms with Crippen molar-refractivity contribution in [2.75, 3.05) is 39.5 Å². The Balaban J connectivity index is 1.57. The van der Waals surface area contributed by atoms with Crippen molar-refractivity contribution in [3.63, 3.8) is 0 Å². The third kappa shape index (κ3) is 6.46. The number of nitrogens with zero attached hydrogens (tertiary/aromatic N) is 1. The summed E-state index contributed by atoms with van der Waals surface area (Å²) < 4.78 is 10.7. The lowest BCUT2D eigenvalue weighted by Crippen LogP contribution is -2.41. The average Bonchev–Trinajstić information content (AvgIpc) is 2.57. The van der Waals surface area contributed by atoms with E-state index < -0.39 is 0 Å². The Hall–Kier alpha value is -1.79. The Morgan fingerprint density at radius 3 is 2.78 bits per heavy atom. The number of carbonyl (C=O) groups is 2. The largest absolute Gasteiger partial charge is 0.492 e. The highest BCUT2D eigenvalue weighted by atomic mass is 35.5. The van der Waals surface area contributed by atoms with Crippen molar-refractivity contribution in [2.45, 2.75) is 12.8 Å². The summed E-state index contributed by atoms with van der Waals surface area (Å²) in [5.74, 6) is 0.508. The number of morpholine rings is 1. The van der Waals surface area contributed by atoms with Crippen molar-refractivity contribution < 1.29 is 19.1 Å². The van der Waals surface area contributed by atoms with Crippen molar-refractivity contribution in [2.24, 2.45) is 0 Å². The molecule has 0 atom stereocenters. The number of ether oxygens (including phenoxy) is 2. The predicted molar refractivity (Wildman–Crippen MR) is 86.6 cm³/mol. The molecule has 0 unspecified atom stereocenters. The van der Waals surface area contributed by atoms with E-state index in [1.54, 1.807) is 29.2 Å². The first-order chi connectivity index (χ1) is 11.1. The zero-order valence-corrected chi connectivity index (χ0v) is 13.7. The lowest BCUT2D eigenvalue weighted by molar-refractivity contribution is -0.137. The van der Waals surface area contributed by atoms with Gasteiger partial charge in [0.25, 0.3) is 0 Å². The number of hydrogen-bond acceptors (Lipinski definition) is 4. The lowest BCUT2D eigenvalue weighted by Gasteiger charge is -2.26. The smallest absolute Gasteiger partial charge is 0.223 e. The molecule has 1 aromatic carbocycles.